The van der Waals surface area contributed by atoms with Crippen LogP contribution >= 0.6 is 11.5 Å². The maximum Gasteiger partial charge on any atom is 0.338 e. The largest absolute Gasteiger partial charge is 0.397 e. The highest BCUT2D eigenvalue weighted by atomic mass is 32.1. The van der Waals surface area contributed by atoms with Gasteiger partial charge in [0.25, 0.3) is 5.56 Å². The average Bonchev–Trinajstić information content (AvgIpc) is 2.90. The predicted molar refractivity (Wildman–Crippen MR) is 95.0 cm³/mol. The Balaban J connectivity index is 1.76. The number of carbonyl (C=O) groups excluding carboxylic acids is 1. The Bertz CT molecular complexity index is 962. The van der Waals surface area contributed by atoms with E-state index in [9.17, 15) is 9.59 Å². The van der Waals surface area contributed by atoms with Gasteiger partial charge in [-0.1, -0.05) is 6.07 Å². The van der Waals surface area contributed by atoms with Crippen LogP contribution in [0, 0.1) is 0 Å². The van der Waals surface area contributed by atoms with Gasteiger partial charge in [0, 0.05) is 19.8 Å². The fourth-order valence-corrected chi connectivity index (χ4v) is 3.15. The van der Waals surface area contributed by atoms with Gasteiger partial charge in [0.1, 0.15) is 4.83 Å². The van der Waals surface area contributed by atoms with Gasteiger partial charge in [-0.2, -0.15) is 3.96 Å². The molecule has 0 unspecified atom stereocenters. The van der Waals surface area contributed by atoms with Gasteiger partial charge in [-0.15, -0.1) is 0 Å². The zero-order valence-electron chi connectivity index (χ0n) is 12.9. The number of benzene rings is 1. The summed E-state index contributed by atoms with van der Waals surface area (Å²) in [6, 6.07) is 8.12. The number of hydrogen-bond donors (Lipinski definition) is 3. The molecule has 8 nitrogen and oxygen atoms in total. The highest BCUT2D eigenvalue weighted by Crippen LogP contribution is 2.21. The van der Waals surface area contributed by atoms with Crippen LogP contribution in [0.4, 0.5) is 16.2 Å². The average molecular weight is 344 g/mol. The first kappa shape index (κ1) is 16.0. The van der Waals surface area contributed by atoms with Crippen LogP contribution in [-0.2, 0) is 6.54 Å². The lowest BCUT2D eigenvalue weighted by Gasteiger charge is -2.15. The van der Waals surface area contributed by atoms with E-state index in [-0.39, 0.29) is 12.1 Å². The number of rotatable bonds is 3. The second-order valence-electron chi connectivity index (χ2n) is 5.21. The van der Waals surface area contributed by atoms with Gasteiger partial charge < -0.3 is 16.1 Å². The van der Waals surface area contributed by atoms with E-state index < -0.39 is 6.03 Å². The summed E-state index contributed by atoms with van der Waals surface area (Å²) in [5, 5.41) is 4.55. The smallest absolute Gasteiger partial charge is 0.338 e. The molecule has 0 aliphatic rings. The minimum atomic E-state index is -0.499. The van der Waals surface area contributed by atoms with Crippen LogP contribution in [0.3, 0.4) is 0 Å². The molecule has 2 aromatic heterocycles. The molecular weight excluding hydrogens is 328 g/mol. The lowest BCUT2D eigenvalue weighted by atomic mass is 10.1. The van der Waals surface area contributed by atoms with Crippen molar-refractivity contribution in [3.63, 3.8) is 0 Å². The number of fused-ring (bicyclic) bond motifs is 1. The number of anilines is 2. The Hall–Kier alpha value is -2.91. The van der Waals surface area contributed by atoms with Gasteiger partial charge >= 0.3 is 6.03 Å². The van der Waals surface area contributed by atoms with Gasteiger partial charge in [-0.25, -0.2) is 15.6 Å². The number of hydrazine groups is 1. The molecule has 0 bridgehead atoms. The first-order valence-electron chi connectivity index (χ1n) is 7.09. The summed E-state index contributed by atoms with van der Waals surface area (Å²) in [6.45, 7) is 0.242. The lowest BCUT2D eigenvalue weighted by Crippen LogP contribution is -2.32. The number of hydrogen-bond acceptors (Lipinski definition) is 7. The van der Waals surface area contributed by atoms with Gasteiger partial charge in [0.05, 0.1) is 16.8 Å². The number of nitrogens with one attached hydrogen (secondary N) is 1. The number of nitrogen functional groups attached to an aromatic ring is 1. The molecular formula is C15H16N6O2S. The van der Waals surface area contributed by atoms with Crippen molar-refractivity contribution >= 4 is 39.2 Å². The molecule has 0 spiro atoms. The summed E-state index contributed by atoms with van der Waals surface area (Å²) in [6.07, 6.45) is 1.58. The zero-order valence-corrected chi connectivity index (χ0v) is 13.7. The number of carbonyl (C=O) groups is 1. The maximum absolute atomic E-state index is 12.2. The monoisotopic (exact) mass is 344 g/mol. The van der Waals surface area contributed by atoms with E-state index in [1.807, 2.05) is 6.07 Å². The van der Waals surface area contributed by atoms with Gasteiger partial charge in [-0.3, -0.25) is 4.79 Å². The normalized spacial score (nSPS) is 10.8. The van der Waals surface area contributed by atoms with Crippen molar-refractivity contribution in [1.82, 2.24) is 14.3 Å². The van der Waals surface area contributed by atoms with Crippen LogP contribution in [0.5, 0.6) is 0 Å². The fourth-order valence-electron chi connectivity index (χ4n) is 2.28. The van der Waals surface area contributed by atoms with Gasteiger partial charge in [0.15, 0.2) is 0 Å². The van der Waals surface area contributed by atoms with Crippen molar-refractivity contribution in [2.45, 2.75) is 6.54 Å². The van der Waals surface area contributed by atoms with Gasteiger partial charge in [0.2, 0.25) is 0 Å². The van der Waals surface area contributed by atoms with Crippen molar-refractivity contribution in [2.24, 2.45) is 5.84 Å². The van der Waals surface area contributed by atoms with E-state index in [2.05, 4.69) is 10.3 Å². The van der Waals surface area contributed by atoms with Crippen molar-refractivity contribution in [3.8, 4) is 0 Å². The number of nitrogens with zero attached hydrogens (tertiary/aromatic N) is 3. The minimum Gasteiger partial charge on any atom is -0.397 e. The van der Waals surface area contributed by atoms with Crippen LogP contribution in [0.2, 0.25) is 0 Å². The van der Waals surface area contributed by atoms with E-state index in [1.165, 1.54) is 5.01 Å². The minimum absolute atomic E-state index is 0.242. The predicted octanol–water partition coefficient (Wildman–Crippen LogP) is 1.11. The Morgan fingerprint density at radius 3 is 2.88 bits per heavy atom. The SMILES string of the molecule is CN(N)c1ccc(CNC(=O)n2sc3ncccc3c2=O)cc1N. The number of nitrogens with two attached hydrogens (primary N) is 2. The van der Waals surface area contributed by atoms with Crippen LogP contribution in [-0.4, -0.2) is 22.0 Å². The molecule has 0 aliphatic carbocycles. The first-order chi connectivity index (χ1) is 11.5. The topological polar surface area (TPSA) is 119 Å². The third-order valence-corrected chi connectivity index (χ3v) is 4.48. The summed E-state index contributed by atoms with van der Waals surface area (Å²) in [5.74, 6) is 5.66. The van der Waals surface area contributed by atoms with Crippen LogP contribution in [0.15, 0.2) is 41.3 Å². The van der Waals surface area contributed by atoms with Crippen molar-refractivity contribution in [1.29, 1.82) is 0 Å². The first-order valence-corrected chi connectivity index (χ1v) is 7.87. The third-order valence-electron chi connectivity index (χ3n) is 3.46. The molecule has 3 aromatic rings. The number of aromatic nitrogens is 2. The second-order valence-corrected chi connectivity index (χ2v) is 6.14. The molecule has 2 heterocycles. The standard InChI is InChI=1S/C15H16N6O2S/c1-20(17)12-5-4-9(7-11(12)16)8-19-15(23)21-14(22)10-3-2-6-18-13(10)24-21/h2-7H,8,16-17H2,1H3,(H,19,23). The van der Waals surface area contributed by atoms with E-state index in [1.54, 1.807) is 37.5 Å². The second kappa shape index (κ2) is 6.30. The Labute approximate surface area is 141 Å². The fraction of sp³-hybridized carbons (Fsp3) is 0.133. The summed E-state index contributed by atoms with van der Waals surface area (Å²) in [5.41, 5.74) is 7.55. The quantitative estimate of drug-likeness (QED) is 0.372. The summed E-state index contributed by atoms with van der Waals surface area (Å²) < 4.78 is 1.06. The van der Waals surface area contributed by atoms with E-state index in [0.29, 0.717) is 21.6 Å². The molecule has 0 atom stereocenters. The molecule has 1 amide bonds. The molecule has 3 rings (SSSR count). The highest BCUT2D eigenvalue weighted by Gasteiger charge is 2.14. The zero-order chi connectivity index (χ0) is 17.3. The van der Waals surface area contributed by atoms with Crippen molar-refractivity contribution in [3.05, 3.63) is 52.4 Å². The van der Waals surface area contributed by atoms with Crippen molar-refractivity contribution in [2.75, 3.05) is 17.8 Å². The van der Waals surface area contributed by atoms with Gasteiger partial charge in [-0.05, 0) is 41.4 Å². The maximum atomic E-state index is 12.2. The van der Waals surface area contributed by atoms with Crippen LogP contribution < -0.4 is 27.5 Å². The van der Waals surface area contributed by atoms with E-state index in [0.717, 1.165) is 21.1 Å². The summed E-state index contributed by atoms with van der Waals surface area (Å²) >= 11 is 1.01. The summed E-state index contributed by atoms with van der Waals surface area (Å²) in [7, 11) is 1.69. The molecule has 0 saturated heterocycles. The van der Waals surface area contributed by atoms with Crippen LogP contribution in [0.25, 0.3) is 10.2 Å². The third kappa shape index (κ3) is 2.94. The molecule has 5 N–H and O–H groups in total. The van der Waals surface area contributed by atoms with Crippen LogP contribution in [0.1, 0.15) is 5.56 Å². The molecule has 0 aliphatic heterocycles. The Morgan fingerprint density at radius 2 is 2.21 bits per heavy atom. The summed E-state index contributed by atoms with van der Waals surface area (Å²) in [4.78, 5) is 29.0. The molecule has 0 saturated carbocycles. The highest BCUT2D eigenvalue weighted by molar-refractivity contribution is 7.14. The molecule has 124 valence electrons. The Kier molecular flexibility index (Phi) is 4.19. The van der Waals surface area contributed by atoms with Crippen molar-refractivity contribution < 1.29 is 4.79 Å². The number of pyridine rings is 1. The van der Waals surface area contributed by atoms with E-state index >= 15 is 0 Å². The molecule has 0 radical (unpaired) electrons. The lowest BCUT2D eigenvalue weighted by molar-refractivity contribution is 0.243. The Morgan fingerprint density at radius 1 is 1.42 bits per heavy atom. The number of amides is 1. The molecule has 9 heteroatoms. The molecule has 24 heavy (non-hydrogen) atoms. The van der Waals surface area contributed by atoms with E-state index in [4.69, 9.17) is 11.6 Å². The molecule has 0 fully saturated rings. The molecule has 1 aromatic carbocycles.